The maximum absolute atomic E-state index is 12.4. The summed E-state index contributed by atoms with van der Waals surface area (Å²) in [6, 6.07) is 17.3. The number of carbonyl (C=O) groups is 1. The minimum absolute atomic E-state index is 0.337. The van der Waals surface area contributed by atoms with Crippen LogP contribution in [-0.2, 0) is 0 Å². The number of ether oxygens (including phenoxy) is 1. The van der Waals surface area contributed by atoms with Crippen LogP contribution in [-0.4, -0.2) is 33.9 Å². The first-order valence-electron chi connectivity index (χ1n) is 9.93. The first kappa shape index (κ1) is 19.4. The zero-order chi connectivity index (χ0) is 20.8. The molecule has 2 aromatic heterocycles. The van der Waals surface area contributed by atoms with Crippen molar-refractivity contribution >= 4 is 23.0 Å². The van der Waals surface area contributed by atoms with E-state index in [1.54, 1.807) is 12.3 Å². The van der Waals surface area contributed by atoms with E-state index in [2.05, 4.69) is 32.6 Å². The lowest BCUT2D eigenvalue weighted by molar-refractivity contribution is 0.0950. The van der Waals surface area contributed by atoms with Crippen molar-refractivity contribution in [3.05, 3.63) is 72.1 Å². The zero-order valence-corrected chi connectivity index (χ0v) is 16.7. The molecule has 2 aromatic carbocycles. The molecule has 30 heavy (non-hydrogen) atoms. The number of fused-ring (bicyclic) bond motifs is 1. The molecule has 0 saturated heterocycles. The van der Waals surface area contributed by atoms with Gasteiger partial charge in [-0.1, -0.05) is 31.5 Å². The van der Waals surface area contributed by atoms with Crippen molar-refractivity contribution in [3.63, 3.8) is 0 Å². The molecule has 0 saturated carbocycles. The summed E-state index contributed by atoms with van der Waals surface area (Å²) < 4.78 is 5.67. The first-order chi connectivity index (χ1) is 14.7. The smallest absolute Gasteiger partial charge is 0.289 e. The van der Waals surface area contributed by atoms with E-state index in [1.165, 1.54) is 0 Å². The molecule has 3 N–H and O–H groups in total. The van der Waals surface area contributed by atoms with E-state index in [0.717, 1.165) is 40.6 Å². The fourth-order valence-electron chi connectivity index (χ4n) is 3.06. The molecule has 4 aromatic rings. The van der Waals surface area contributed by atoms with E-state index >= 15 is 0 Å². The monoisotopic (exact) mass is 401 g/mol. The highest BCUT2D eigenvalue weighted by Crippen LogP contribution is 2.21. The van der Waals surface area contributed by atoms with Crippen LogP contribution in [0.25, 0.3) is 22.2 Å². The molecule has 7 heteroatoms. The van der Waals surface area contributed by atoms with Gasteiger partial charge in [-0.3, -0.25) is 9.89 Å². The van der Waals surface area contributed by atoms with Crippen LogP contribution in [0.2, 0.25) is 0 Å². The predicted octanol–water partition coefficient (Wildman–Crippen LogP) is 4.50. The SMILES string of the molecule is CCCCOc1ccc(-c2cc(C(=O)N/N=C/c3c[nH]c4ccccc34)[nH]n2)cc1. The molecule has 0 fully saturated rings. The lowest BCUT2D eigenvalue weighted by atomic mass is 10.1. The number of para-hydroxylation sites is 1. The highest BCUT2D eigenvalue weighted by Gasteiger charge is 2.11. The van der Waals surface area contributed by atoms with Crippen LogP contribution in [0.5, 0.6) is 5.75 Å². The minimum Gasteiger partial charge on any atom is -0.494 e. The van der Waals surface area contributed by atoms with Gasteiger partial charge >= 0.3 is 0 Å². The summed E-state index contributed by atoms with van der Waals surface area (Å²) in [4.78, 5) is 15.5. The Morgan fingerprint density at radius 3 is 2.87 bits per heavy atom. The van der Waals surface area contributed by atoms with E-state index in [4.69, 9.17) is 4.74 Å². The fourth-order valence-corrected chi connectivity index (χ4v) is 3.06. The second kappa shape index (κ2) is 9.09. The van der Waals surface area contributed by atoms with Crippen molar-refractivity contribution < 1.29 is 9.53 Å². The maximum Gasteiger partial charge on any atom is 0.289 e. The van der Waals surface area contributed by atoms with Crippen LogP contribution in [0.3, 0.4) is 0 Å². The Morgan fingerprint density at radius 2 is 2.03 bits per heavy atom. The Morgan fingerprint density at radius 1 is 1.20 bits per heavy atom. The highest BCUT2D eigenvalue weighted by atomic mass is 16.5. The molecule has 0 spiro atoms. The number of amides is 1. The third-order valence-electron chi connectivity index (χ3n) is 4.73. The molecule has 2 heterocycles. The number of benzene rings is 2. The molecule has 0 bridgehead atoms. The normalized spacial score (nSPS) is 11.2. The van der Waals surface area contributed by atoms with E-state index in [1.807, 2.05) is 54.7 Å². The summed E-state index contributed by atoms with van der Waals surface area (Å²) in [7, 11) is 0. The van der Waals surface area contributed by atoms with Crippen molar-refractivity contribution in [2.45, 2.75) is 19.8 Å². The molecule has 7 nitrogen and oxygen atoms in total. The third kappa shape index (κ3) is 4.41. The molecule has 0 aliphatic rings. The largest absolute Gasteiger partial charge is 0.494 e. The number of hydrazone groups is 1. The predicted molar refractivity (Wildman–Crippen MR) is 118 cm³/mol. The molecular formula is C23H23N5O2. The summed E-state index contributed by atoms with van der Waals surface area (Å²) >= 11 is 0. The molecule has 0 aliphatic heterocycles. The number of aromatic nitrogens is 3. The zero-order valence-electron chi connectivity index (χ0n) is 16.7. The number of unbranched alkanes of at least 4 members (excludes halogenated alkanes) is 1. The molecule has 0 atom stereocenters. The van der Waals surface area contributed by atoms with E-state index < -0.39 is 0 Å². The lowest BCUT2D eigenvalue weighted by Crippen LogP contribution is -2.17. The highest BCUT2D eigenvalue weighted by molar-refractivity contribution is 6.00. The molecular weight excluding hydrogens is 378 g/mol. The topological polar surface area (TPSA) is 95.2 Å². The molecule has 0 aliphatic carbocycles. The number of rotatable bonds is 8. The van der Waals surface area contributed by atoms with Crippen molar-refractivity contribution in [3.8, 4) is 17.0 Å². The van der Waals surface area contributed by atoms with Crippen molar-refractivity contribution in [2.75, 3.05) is 6.61 Å². The number of nitrogens with zero attached hydrogens (tertiary/aromatic N) is 2. The number of nitrogens with one attached hydrogen (secondary N) is 3. The maximum atomic E-state index is 12.4. The second-order valence-corrected chi connectivity index (χ2v) is 6.88. The average molecular weight is 401 g/mol. The molecule has 152 valence electrons. The lowest BCUT2D eigenvalue weighted by Gasteiger charge is -2.05. The Hall–Kier alpha value is -3.87. The van der Waals surface area contributed by atoms with Crippen LogP contribution in [0, 0.1) is 0 Å². The van der Waals surface area contributed by atoms with Gasteiger partial charge in [-0.25, -0.2) is 5.43 Å². The number of aromatic amines is 2. The van der Waals surface area contributed by atoms with Gasteiger partial charge in [0.15, 0.2) is 0 Å². The summed E-state index contributed by atoms with van der Waals surface area (Å²) in [6.07, 6.45) is 5.60. The number of H-pyrrole nitrogens is 2. The number of hydrogen-bond acceptors (Lipinski definition) is 4. The van der Waals surface area contributed by atoms with Crippen molar-refractivity contribution in [1.82, 2.24) is 20.6 Å². The first-order valence-corrected chi connectivity index (χ1v) is 9.93. The molecule has 1 amide bonds. The summed E-state index contributed by atoms with van der Waals surface area (Å²) in [5.74, 6) is 0.469. The van der Waals surface area contributed by atoms with Gasteiger partial charge < -0.3 is 9.72 Å². The quantitative estimate of drug-likeness (QED) is 0.230. The third-order valence-corrected chi connectivity index (χ3v) is 4.73. The van der Waals surface area contributed by atoms with Gasteiger partial charge in [0, 0.05) is 28.2 Å². The average Bonchev–Trinajstić information content (AvgIpc) is 3.42. The van der Waals surface area contributed by atoms with E-state index in [0.29, 0.717) is 18.0 Å². The molecule has 0 unspecified atom stereocenters. The summed E-state index contributed by atoms with van der Waals surface area (Å²) in [5, 5.41) is 12.1. The standard InChI is InChI=1S/C23H23N5O2/c1-2-3-12-30-18-10-8-16(9-11-18)21-13-22(27-26-21)23(29)28-25-15-17-14-24-20-7-5-4-6-19(17)20/h4-11,13-15,24H,2-3,12H2,1H3,(H,26,27)(H,28,29)/b25-15+. The Balaban J connectivity index is 1.38. The molecule has 4 rings (SSSR count). The second-order valence-electron chi connectivity index (χ2n) is 6.88. The Kier molecular flexibility index (Phi) is 5.89. The van der Waals surface area contributed by atoms with Crippen LogP contribution < -0.4 is 10.2 Å². The summed E-state index contributed by atoms with van der Waals surface area (Å²) in [6.45, 7) is 2.84. The van der Waals surface area contributed by atoms with Gasteiger partial charge in [-0.2, -0.15) is 10.2 Å². The number of carbonyl (C=O) groups excluding carboxylic acids is 1. The minimum atomic E-state index is -0.357. The van der Waals surface area contributed by atoms with Crippen LogP contribution in [0.1, 0.15) is 35.8 Å². The van der Waals surface area contributed by atoms with Gasteiger partial charge in [-0.05, 0) is 42.8 Å². The Labute approximate surface area is 174 Å². The van der Waals surface area contributed by atoms with Crippen molar-refractivity contribution in [2.24, 2.45) is 5.10 Å². The van der Waals surface area contributed by atoms with Crippen molar-refractivity contribution in [1.29, 1.82) is 0 Å². The van der Waals surface area contributed by atoms with Crippen LogP contribution in [0.15, 0.2) is 65.9 Å². The number of hydrogen-bond donors (Lipinski definition) is 3. The van der Waals surface area contributed by atoms with Gasteiger partial charge in [0.2, 0.25) is 0 Å². The fraction of sp³-hybridized carbons (Fsp3) is 0.174. The van der Waals surface area contributed by atoms with E-state index in [-0.39, 0.29) is 5.91 Å². The van der Waals surface area contributed by atoms with Gasteiger partial charge in [-0.15, -0.1) is 0 Å². The van der Waals surface area contributed by atoms with Gasteiger partial charge in [0.05, 0.1) is 18.5 Å². The van der Waals surface area contributed by atoms with Crippen LogP contribution in [0.4, 0.5) is 0 Å². The van der Waals surface area contributed by atoms with Gasteiger partial charge in [0.25, 0.3) is 5.91 Å². The van der Waals surface area contributed by atoms with E-state index in [9.17, 15) is 4.79 Å². The summed E-state index contributed by atoms with van der Waals surface area (Å²) in [5.41, 5.74) is 6.37. The van der Waals surface area contributed by atoms with Crippen LogP contribution >= 0.6 is 0 Å². The Bertz CT molecular complexity index is 1160. The van der Waals surface area contributed by atoms with Gasteiger partial charge in [0.1, 0.15) is 11.4 Å². The molecule has 0 radical (unpaired) electrons.